The first kappa shape index (κ1) is 21.5. The van der Waals surface area contributed by atoms with Crippen molar-refractivity contribution < 1.29 is 18.3 Å². The highest BCUT2D eigenvalue weighted by molar-refractivity contribution is 5.68. The van der Waals surface area contributed by atoms with Crippen LogP contribution >= 0.6 is 0 Å². The van der Waals surface area contributed by atoms with E-state index in [4.69, 9.17) is 4.74 Å². The predicted octanol–water partition coefficient (Wildman–Crippen LogP) is 4.55. The zero-order valence-corrected chi connectivity index (χ0v) is 18.1. The molecule has 1 saturated heterocycles. The Morgan fingerprint density at radius 2 is 1.68 bits per heavy atom. The minimum atomic E-state index is -3.21. The standard InChI is InChI=1S/C23H28F2N4O2/c1-22(2,3)31-21(30)29-13-11-28(12-14-29)19-15-18(26-20(27-19)16-9-10-16)23(24,25)17-7-5-4-6-8-17/h4-8,15-16H,9-14H2,1-3H3. The number of aromatic nitrogens is 2. The first-order chi connectivity index (χ1) is 14.6. The van der Waals surface area contributed by atoms with Gasteiger partial charge in [0.15, 0.2) is 0 Å². The summed E-state index contributed by atoms with van der Waals surface area (Å²) in [7, 11) is 0. The van der Waals surface area contributed by atoms with Gasteiger partial charge in [0.1, 0.15) is 22.9 Å². The van der Waals surface area contributed by atoms with Crippen molar-refractivity contribution in [3.05, 3.63) is 53.5 Å². The molecule has 6 nitrogen and oxygen atoms in total. The lowest BCUT2D eigenvalue weighted by Crippen LogP contribution is -2.50. The molecule has 0 bridgehead atoms. The third kappa shape index (κ3) is 4.94. The quantitative estimate of drug-likeness (QED) is 0.712. The summed E-state index contributed by atoms with van der Waals surface area (Å²) in [5, 5.41) is 0. The molecule has 4 rings (SSSR count). The Morgan fingerprint density at radius 1 is 1.03 bits per heavy atom. The van der Waals surface area contributed by atoms with Crippen LogP contribution in [0.1, 0.15) is 56.6 Å². The average Bonchev–Trinajstić information content (AvgIpc) is 3.58. The molecule has 0 radical (unpaired) electrons. The molecule has 2 aromatic rings. The summed E-state index contributed by atoms with van der Waals surface area (Å²) in [6.45, 7) is 7.37. The molecule has 1 amide bonds. The number of alkyl halides is 2. The zero-order chi connectivity index (χ0) is 22.2. The minimum Gasteiger partial charge on any atom is -0.444 e. The smallest absolute Gasteiger partial charge is 0.410 e. The van der Waals surface area contributed by atoms with Crippen LogP contribution in [0.4, 0.5) is 19.4 Å². The van der Waals surface area contributed by atoms with Crippen molar-refractivity contribution in [2.45, 2.75) is 51.1 Å². The van der Waals surface area contributed by atoms with Crippen molar-refractivity contribution in [1.29, 1.82) is 0 Å². The number of anilines is 1. The molecule has 2 heterocycles. The number of nitrogens with zero attached hydrogens (tertiary/aromatic N) is 4. The second-order valence-electron chi connectivity index (χ2n) is 9.14. The van der Waals surface area contributed by atoms with Crippen LogP contribution in [0, 0.1) is 0 Å². The van der Waals surface area contributed by atoms with Crippen molar-refractivity contribution in [3.63, 3.8) is 0 Å². The van der Waals surface area contributed by atoms with Gasteiger partial charge in [-0.3, -0.25) is 0 Å². The molecule has 0 atom stereocenters. The van der Waals surface area contributed by atoms with Crippen LogP contribution in [0.5, 0.6) is 0 Å². The molecule has 2 aliphatic rings. The van der Waals surface area contributed by atoms with Crippen LogP contribution < -0.4 is 4.90 Å². The van der Waals surface area contributed by atoms with Crippen molar-refractivity contribution in [3.8, 4) is 0 Å². The van der Waals surface area contributed by atoms with Crippen LogP contribution in [-0.2, 0) is 10.7 Å². The third-order valence-electron chi connectivity index (χ3n) is 5.39. The van der Waals surface area contributed by atoms with Crippen molar-refractivity contribution in [1.82, 2.24) is 14.9 Å². The molecule has 1 aromatic carbocycles. The van der Waals surface area contributed by atoms with E-state index in [2.05, 4.69) is 9.97 Å². The number of amides is 1. The van der Waals surface area contributed by atoms with Crippen molar-refractivity contribution >= 4 is 11.9 Å². The van der Waals surface area contributed by atoms with Gasteiger partial charge in [0.25, 0.3) is 0 Å². The fourth-order valence-electron chi connectivity index (χ4n) is 3.54. The molecule has 0 unspecified atom stereocenters. The van der Waals surface area contributed by atoms with Crippen LogP contribution in [0.25, 0.3) is 0 Å². The van der Waals surface area contributed by atoms with Gasteiger partial charge < -0.3 is 14.5 Å². The Kier molecular flexibility index (Phi) is 5.58. The monoisotopic (exact) mass is 430 g/mol. The second kappa shape index (κ2) is 8.05. The minimum absolute atomic E-state index is 0.0869. The summed E-state index contributed by atoms with van der Waals surface area (Å²) >= 11 is 0. The van der Waals surface area contributed by atoms with E-state index in [0.29, 0.717) is 37.8 Å². The Labute approximate surface area is 181 Å². The van der Waals surface area contributed by atoms with Crippen LogP contribution in [0.3, 0.4) is 0 Å². The van der Waals surface area contributed by atoms with Gasteiger partial charge in [0.05, 0.1) is 0 Å². The van der Waals surface area contributed by atoms with Gasteiger partial charge in [0.2, 0.25) is 0 Å². The number of hydrogen-bond donors (Lipinski definition) is 0. The van der Waals surface area contributed by atoms with E-state index in [9.17, 15) is 4.79 Å². The molecule has 2 fully saturated rings. The van der Waals surface area contributed by atoms with Crippen LogP contribution in [0.15, 0.2) is 36.4 Å². The molecule has 1 saturated carbocycles. The fourth-order valence-corrected chi connectivity index (χ4v) is 3.54. The lowest BCUT2D eigenvalue weighted by Gasteiger charge is -2.36. The number of piperazine rings is 1. The van der Waals surface area contributed by atoms with E-state index in [-0.39, 0.29) is 23.3 Å². The molecule has 0 N–H and O–H groups in total. The third-order valence-corrected chi connectivity index (χ3v) is 5.39. The van der Waals surface area contributed by atoms with E-state index >= 15 is 8.78 Å². The molecule has 31 heavy (non-hydrogen) atoms. The summed E-state index contributed by atoms with van der Waals surface area (Å²) in [6.07, 6.45) is 1.49. The van der Waals surface area contributed by atoms with Gasteiger partial charge in [-0.25, -0.2) is 14.8 Å². The van der Waals surface area contributed by atoms with Gasteiger partial charge in [0, 0.05) is 43.7 Å². The average molecular weight is 430 g/mol. The number of rotatable bonds is 4. The van der Waals surface area contributed by atoms with Gasteiger partial charge in [-0.15, -0.1) is 0 Å². The predicted molar refractivity (Wildman–Crippen MR) is 113 cm³/mol. The Bertz CT molecular complexity index is 934. The highest BCUT2D eigenvalue weighted by Crippen LogP contribution is 2.41. The van der Waals surface area contributed by atoms with Gasteiger partial charge in [-0.1, -0.05) is 30.3 Å². The molecule has 1 aliphatic carbocycles. The molecular weight excluding hydrogens is 402 g/mol. The second-order valence-corrected chi connectivity index (χ2v) is 9.14. The highest BCUT2D eigenvalue weighted by Gasteiger charge is 2.39. The number of carbonyl (C=O) groups excluding carboxylic acids is 1. The van der Waals surface area contributed by atoms with E-state index in [1.165, 1.54) is 18.2 Å². The van der Waals surface area contributed by atoms with E-state index in [1.54, 1.807) is 23.1 Å². The van der Waals surface area contributed by atoms with Gasteiger partial charge >= 0.3 is 12.0 Å². The maximum atomic E-state index is 15.2. The van der Waals surface area contributed by atoms with Gasteiger partial charge in [-0.2, -0.15) is 8.78 Å². The number of ether oxygens (including phenoxy) is 1. The van der Waals surface area contributed by atoms with Crippen LogP contribution in [-0.4, -0.2) is 52.7 Å². The summed E-state index contributed by atoms with van der Waals surface area (Å²) < 4.78 is 35.9. The lowest BCUT2D eigenvalue weighted by molar-refractivity contribution is 0.0240. The molecule has 1 aromatic heterocycles. The van der Waals surface area contributed by atoms with E-state index in [0.717, 1.165) is 12.8 Å². The van der Waals surface area contributed by atoms with Crippen molar-refractivity contribution in [2.24, 2.45) is 0 Å². The first-order valence-corrected chi connectivity index (χ1v) is 10.7. The lowest BCUT2D eigenvalue weighted by atomic mass is 10.0. The van der Waals surface area contributed by atoms with Crippen molar-refractivity contribution in [2.75, 3.05) is 31.1 Å². The fraction of sp³-hybridized carbons (Fsp3) is 0.522. The summed E-state index contributed by atoms with van der Waals surface area (Å²) in [6, 6.07) is 9.13. The molecule has 1 aliphatic heterocycles. The number of hydrogen-bond acceptors (Lipinski definition) is 5. The largest absolute Gasteiger partial charge is 0.444 e. The first-order valence-electron chi connectivity index (χ1n) is 10.7. The molecule has 166 valence electrons. The molecule has 0 spiro atoms. The Balaban J connectivity index is 1.55. The number of benzene rings is 1. The summed E-state index contributed by atoms with van der Waals surface area (Å²) in [5.74, 6) is -2.08. The number of halogens is 2. The summed E-state index contributed by atoms with van der Waals surface area (Å²) in [5.41, 5.74) is -0.922. The Morgan fingerprint density at radius 3 is 2.26 bits per heavy atom. The van der Waals surface area contributed by atoms with E-state index < -0.39 is 11.5 Å². The number of carbonyl (C=O) groups is 1. The molecular formula is C23H28F2N4O2. The summed E-state index contributed by atoms with van der Waals surface area (Å²) in [4.78, 5) is 24.7. The molecule has 8 heteroatoms. The zero-order valence-electron chi connectivity index (χ0n) is 18.1. The maximum Gasteiger partial charge on any atom is 0.410 e. The Hall–Kier alpha value is -2.77. The van der Waals surface area contributed by atoms with Crippen LogP contribution in [0.2, 0.25) is 0 Å². The SMILES string of the molecule is CC(C)(C)OC(=O)N1CCN(c2cc(C(F)(F)c3ccccc3)nc(C3CC3)n2)CC1. The normalized spacial score (nSPS) is 17.6. The highest BCUT2D eigenvalue weighted by atomic mass is 19.3. The topological polar surface area (TPSA) is 58.6 Å². The maximum absolute atomic E-state index is 15.2. The van der Waals surface area contributed by atoms with E-state index in [1.807, 2.05) is 25.7 Å². The van der Waals surface area contributed by atoms with Gasteiger partial charge in [-0.05, 0) is 33.6 Å².